The minimum Gasteiger partial charge on any atom is -0.504 e. The Morgan fingerprint density at radius 2 is 1.92 bits per heavy atom. The van der Waals surface area contributed by atoms with E-state index in [4.69, 9.17) is 17.3 Å². The number of hydrogen-bond donors (Lipinski definition) is 3. The van der Waals surface area contributed by atoms with E-state index in [1.54, 1.807) is 12.4 Å². The average molecular weight is 532 g/mol. The number of anilines is 3. The number of carbonyl (C=O) groups excluding carboxylic acids is 1. The number of phenols is 1. The van der Waals surface area contributed by atoms with Gasteiger partial charge in [0.15, 0.2) is 17.3 Å². The molecule has 1 saturated heterocycles. The van der Waals surface area contributed by atoms with E-state index in [1.807, 2.05) is 30.3 Å². The molecule has 38 heavy (non-hydrogen) atoms. The van der Waals surface area contributed by atoms with Crippen molar-refractivity contribution < 1.29 is 14.3 Å². The van der Waals surface area contributed by atoms with Crippen LogP contribution in [0.15, 0.2) is 54.9 Å². The van der Waals surface area contributed by atoms with Gasteiger partial charge in [0.25, 0.3) is 0 Å². The van der Waals surface area contributed by atoms with E-state index in [2.05, 4.69) is 20.2 Å². The molecule has 1 aliphatic carbocycles. The number of Topliss-reactive ketones (excluding diaryl/α,β-unsaturated/α-hetero) is 1. The lowest BCUT2D eigenvalue weighted by atomic mass is 9.98. The number of aromatic hydroxyl groups is 1. The number of ketones is 1. The fourth-order valence-electron chi connectivity index (χ4n) is 5.00. The Morgan fingerprint density at radius 3 is 2.63 bits per heavy atom. The number of nitrogens with one attached hydrogen (secondary N) is 1. The predicted molar refractivity (Wildman–Crippen MR) is 148 cm³/mol. The molecule has 1 atom stereocenters. The third-order valence-electron chi connectivity index (χ3n) is 7.23. The SMILES string of the molecule is N[C@@H]1CCCN(c2ccc(Nc3c(C(=O)C4CC4)cnc4ccc(-c5cc(F)c(O)c(Cl)c5)cc34)cn2)C1. The normalized spacial score (nSPS) is 17.6. The summed E-state index contributed by atoms with van der Waals surface area (Å²) in [5, 5.41) is 13.8. The number of hydrogen-bond acceptors (Lipinski definition) is 7. The standard InChI is InChI=1S/C29H27ClFN5O2/c30-23-11-18(12-24(31)29(23)38)17-5-7-25-21(10-17)27(22(14-33-25)28(37)16-3-4-16)35-20-6-8-26(34-13-20)36-9-1-2-19(32)15-36/h5-8,10-14,16,19,38H,1-4,9,15,32H2,(H,33,35)/t19-/m1/s1. The van der Waals surface area contributed by atoms with Crippen LogP contribution in [0.3, 0.4) is 0 Å². The molecule has 2 fully saturated rings. The average Bonchev–Trinajstić information content (AvgIpc) is 3.77. The summed E-state index contributed by atoms with van der Waals surface area (Å²) in [7, 11) is 0. The zero-order valence-electron chi connectivity index (χ0n) is 20.6. The zero-order chi connectivity index (χ0) is 26.4. The van der Waals surface area contributed by atoms with Crippen molar-refractivity contribution in [2.24, 2.45) is 11.7 Å². The summed E-state index contributed by atoms with van der Waals surface area (Å²) in [4.78, 5) is 24.6. The molecule has 4 N–H and O–H groups in total. The lowest BCUT2D eigenvalue weighted by Gasteiger charge is -2.31. The maximum atomic E-state index is 14.2. The van der Waals surface area contributed by atoms with Gasteiger partial charge >= 0.3 is 0 Å². The van der Waals surface area contributed by atoms with Crippen molar-refractivity contribution in [2.45, 2.75) is 31.7 Å². The van der Waals surface area contributed by atoms with Gasteiger partial charge < -0.3 is 21.1 Å². The van der Waals surface area contributed by atoms with Crippen LogP contribution >= 0.6 is 11.6 Å². The number of piperidine rings is 1. The van der Waals surface area contributed by atoms with Crippen LogP contribution in [0.5, 0.6) is 5.75 Å². The summed E-state index contributed by atoms with van der Waals surface area (Å²) in [5.41, 5.74) is 9.88. The summed E-state index contributed by atoms with van der Waals surface area (Å²) in [6.07, 6.45) is 7.18. The Morgan fingerprint density at radius 1 is 1.08 bits per heavy atom. The van der Waals surface area contributed by atoms with Gasteiger partial charge in [-0.25, -0.2) is 9.37 Å². The Labute approximate surface area is 224 Å². The summed E-state index contributed by atoms with van der Waals surface area (Å²) in [6.45, 7) is 1.70. The molecule has 194 valence electrons. The number of pyridine rings is 2. The van der Waals surface area contributed by atoms with E-state index in [0.717, 1.165) is 50.3 Å². The molecule has 0 spiro atoms. The highest BCUT2D eigenvalue weighted by Gasteiger charge is 2.32. The first-order chi connectivity index (χ1) is 18.4. The van der Waals surface area contributed by atoms with E-state index >= 15 is 0 Å². The second kappa shape index (κ2) is 9.85. The highest BCUT2D eigenvalue weighted by Crippen LogP contribution is 2.39. The van der Waals surface area contributed by atoms with Crippen LogP contribution < -0.4 is 16.0 Å². The number of carbonyl (C=O) groups is 1. The second-order valence-electron chi connectivity index (χ2n) is 10.1. The van der Waals surface area contributed by atoms with Gasteiger partial charge in [-0.15, -0.1) is 0 Å². The first-order valence-corrected chi connectivity index (χ1v) is 13.1. The number of phenolic OH excluding ortho intramolecular Hbond substituents is 1. The molecule has 6 rings (SSSR count). The molecule has 0 unspecified atom stereocenters. The van der Waals surface area contributed by atoms with Gasteiger partial charge in [-0.3, -0.25) is 9.78 Å². The van der Waals surface area contributed by atoms with E-state index < -0.39 is 11.6 Å². The Hall–Kier alpha value is -3.75. The number of fused-ring (bicyclic) bond motifs is 1. The first kappa shape index (κ1) is 24.6. The number of nitrogens with two attached hydrogens (primary N) is 1. The third kappa shape index (κ3) is 4.77. The molecule has 2 aliphatic rings. The van der Waals surface area contributed by atoms with Gasteiger partial charge in [-0.1, -0.05) is 17.7 Å². The quantitative estimate of drug-likeness (QED) is 0.260. The Kier molecular flexibility index (Phi) is 6.37. The minimum atomic E-state index is -0.803. The predicted octanol–water partition coefficient (Wildman–Crippen LogP) is 6.06. The maximum absolute atomic E-state index is 14.2. The van der Waals surface area contributed by atoms with Crippen LogP contribution in [-0.4, -0.2) is 40.0 Å². The van der Waals surface area contributed by atoms with E-state index in [1.165, 1.54) is 12.1 Å². The van der Waals surface area contributed by atoms with Crippen molar-refractivity contribution in [2.75, 3.05) is 23.3 Å². The van der Waals surface area contributed by atoms with Gasteiger partial charge in [-0.05, 0) is 73.2 Å². The summed E-state index contributed by atoms with van der Waals surface area (Å²) >= 11 is 6.03. The topological polar surface area (TPSA) is 104 Å². The molecule has 4 aromatic rings. The highest BCUT2D eigenvalue weighted by molar-refractivity contribution is 6.32. The van der Waals surface area contributed by atoms with Crippen molar-refractivity contribution in [3.05, 3.63) is 71.3 Å². The summed E-state index contributed by atoms with van der Waals surface area (Å²) in [5.74, 6) is -0.458. The molecule has 3 heterocycles. The van der Waals surface area contributed by atoms with Gasteiger partial charge in [0.1, 0.15) is 5.82 Å². The fourth-order valence-corrected chi connectivity index (χ4v) is 5.21. The molecule has 0 bridgehead atoms. The molecular formula is C29H27ClFN5O2. The van der Waals surface area contributed by atoms with Crippen molar-refractivity contribution in [1.29, 1.82) is 0 Å². The van der Waals surface area contributed by atoms with E-state index in [-0.39, 0.29) is 22.8 Å². The Bertz CT molecular complexity index is 1520. The molecule has 9 heteroatoms. The molecule has 7 nitrogen and oxygen atoms in total. The van der Waals surface area contributed by atoms with Crippen LogP contribution in [0.25, 0.3) is 22.0 Å². The summed E-state index contributed by atoms with van der Waals surface area (Å²) < 4.78 is 14.2. The molecule has 2 aromatic heterocycles. The third-order valence-corrected chi connectivity index (χ3v) is 7.52. The lowest BCUT2D eigenvalue weighted by molar-refractivity contribution is 0.0968. The van der Waals surface area contributed by atoms with Crippen molar-refractivity contribution in [1.82, 2.24) is 9.97 Å². The molecule has 0 radical (unpaired) electrons. The Balaban J connectivity index is 1.40. The lowest BCUT2D eigenvalue weighted by Crippen LogP contribution is -2.43. The first-order valence-electron chi connectivity index (χ1n) is 12.8. The van der Waals surface area contributed by atoms with Crippen LogP contribution in [0.1, 0.15) is 36.0 Å². The number of aromatic nitrogens is 2. The van der Waals surface area contributed by atoms with E-state index in [0.29, 0.717) is 33.3 Å². The van der Waals surface area contributed by atoms with Gasteiger partial charge in [0, 0.05) is 36.6 Å². The molecular weight excluding hydrogens is 505 g/mol. The number of benzene rings is 2. The minimum absolute atomic E-state index is 0.00629. The molecule has 0 amide bonds. The van der Waals surface area contributed by atoms with Crippen LogP contribution in [0.2, 0.25) is 5.02 Å². The van der Waals surface area contributed by atoms with Crippen molar-refractivity contribution >= 4 is 45.5 Å². The molecule has 2 aromatic carbocycles. The fraction of sp³-hybridized carbons (Fsp3) is 0.276. The maximum Gasteiger partial charge on any atom is 0.170 e. The summed E-state index contributed by atoms with van der Waals surface area (Å²) in [6, 6.07) is 12.3. The molecule has 1 saturated carbocycles. The number of nitrogens with zero attached hydrogens (tertiary/aromatic N) is 3. The van der Waals surface area contributed by atoms with Crippen molar-refractivity contribution in [3.63, 3.8) is 0 Å². The van der Waals surface area contributed by atoms with Gasteiger partial charge in [0.2, 0.25) is 0 Å². The van der Waals surface area contributed by atoms with Gasteiger partial charge in [-0.2, -0.15) is 0 Å². The van der Waals surface area contributed by atoms with Gasteiger partial charge in [0.05, 0.1) is 33.7 Å². The largest absolute Gasteiger partial charge is 0.504 e. The van der Waals surface area contributed by atoms with Crippen LogP contribution in [-0.2, 0) is 0 Å². The smallest absolute Gasteiger partial charge is 0.170 e. The molecule has 1 aliphatic heterocycles. The van der Waals surface area contributed by atoms with Crippen molar-refractivity contribution in [3.8, 4) is 16.9 Å². The van der Waals surface area contributed by atoms with Crippen LogP contribution in [0.4, 0.5) is 21.6 Å². The van der Waals surface area contributed by atoms with Crippen LogP contribution in [0, 0.1) is 11.7 Å². The van der Waals surface area contributed by atoms with E-state index in [9.17, 15) is 14.3 Å². The monoisotopic (exact) mass is 531 g/mol. The number of rotatable bonds is 6. The number of halogens is 2. The zero-order valence-corrected chi connectivity index (χ0v) is 21.4. The highest BCUT2D eigenvalue weighted by atomic mass is 35.5. The second-order valence-corrected chi connectivity index (χ2v) is 10.5.